The topological polar surface area (TPSA) is 106 Å². The highest BCUT2D eigenvalue weighted by molar-refractivity contribution is 5.93. The highest BCUT2D eigenvalue weighted by atomic mass is 16.5. The van der Waals surface area contributed by atoms with Crippen molar-refractivity contribution in [2.24, 2.45) is 0 Å². The van der Waals surface area contributed by atoms with Gasteiger partial charge in [-0.3, -0.25) is 4.79 Å². The van der Waals surface area contributed by atoms with E-state index < -0.39 is 5.91 Å². The highest BCUT2D eigenvalue weighted by Gasteiger charge is 2.09. The van der Waals surface area contributed by atoms with Gasteiger partial charge >= 0.3 is 0 Å². The van der Waals surface area contributed by atoms with Gasteiger partial charge in [0.25, 0.3) is 0 Å². The maximum absolute atomic E-state index is 11.4. The van der Waals surface area contributed by atoms with Crippen molar-refractivity contribution in [3.63, 3.8) is 0 Å². The van der Waals surface area contributed by atoms with E-state index in [0.717, 1.165) is 0 Å². The third-order valence-electron chi connectivity index (χ3n) is 2.31. The lowest BCUT2D eigenvalue weighted by Crippen LogP contribution is -2.11. The SMILES string of the molecule is COc1cc(-n2cnnn2)ccc1NC(=O)CC#N. The molecule has 96 valence electrons. The number of nitrogens with zero attached hydrogens (tertiary/aromatic N) is 5. The molecular formula is C11H10N6O2. The van der Waals surface area contributed by atoms with Crippen LogP contribution in [0.1, 0.15) is 6.42 Å². The lowest BCUT2D eigenvalue weighted by Gasteiger charge is -2.10. The fourth-order valence-corrected chi connectivity index (χ4v) is 1.47. The van der Waals surface area contributed by atoms with Crippen molar-refractivity contribution in [2.75, 3.05) is 12.4 Å². The van der Waals surface area contributed by atoms with Crippen LogP contribution in [0.4, 0.5) is 5.69 Å². The molecule has 0 spiro atoms. The van der Waals surface area contributed by atoms with Gasteiger partial charge in [-0.1, -0.05) is 0 Å². The zero-order valence-corrected chi connectivity index (χ0v) is 10.1. The van der Waals surface area contributed by atoms with Crippen molar-refractivity contribution >= 4 is 11.6 Å². The number of carbonyl (C=O) groups is 1. The van der Waals surface area contributed by atoms with Gasteiger partial charge in [-0.25, -0.2) is 4.68 Å². The molecule has 19 heavy (non-hydrogen) atoms. The summed E-state index contributed by atoms with van der Waals surface area (Å²) in [5.41, 5.74) is 1.18. The van der Waals surface area contributed by atoms with Gasteiger partial charge in [-0.2, -0.15) is 5.26 Å². The molecule has 0 aliphatic rings. The van der Waals surface area contributed by atoms with Crippen molar-refractivity contribution < 1.29 is 9.53 Å². The monoisotopic (exact) mass is 258 g/mol. The Balaban J connectivity index is 2.27. The Morgan fingerprint density at radius 3 is 3.05 bits per heavy atom. The quantitative estimate of drug-likeness (QED) is 0.857. The predicted octanol–water partition coefficient (Wildman–Crippen LogP) is 0.523. The summed E-state index contributed by atoms with van der Waals surface area (Å²) in [7, 11) is 1.48. The first-order valence-electron chi connectivity index (χ1n) is 5.33. The number of carbonyl (C=O) groups excluding carboxylic acids is 1. The van der Waals surface area contributed by atoms with Gasteiger partial charge in [-0.05, 0) is 22.6 Å². The predicted molar refractivity (Wildman–Crippen MR) is 64.6 cm³/mol. The van der Waals surface area contributed by atoms with Crippen LogP contribution >= 0.6 is 0 Å². The van der Waals surface area contributed by atoms with Gasteiger partial charge in [0.15, 0.2) is 0 Å². The first-order valence-corrected chi connectivity index (χ1v) is 5.33. The molecule has 2 aromatic rings. The number of benzene rings is 1. The van der Waals surface area contributed by atoms with Crippen molar-refractivity contribution in [3.8, 4) is 17.5 Å². The molecule has 0 radical (unpaired) electrons. The number of hydrogen-bond donors (Lipinski definition) is 1. The molecule has 0 bridgehead atoms. The third kappa shape index (κ3) is 2.84. The Bertz CT molecular complexity index is 617. The largest absolute Gasteiger partial charge is 0.494 e. The molecule has 1 heterocycles. The van der Waals surface area contributed by atoms with E-state index in [1.165, 1.54) is 18.1 Å². The second kappa shape index (κ2) is 5.59. The fraction of sp³-hybridized carbons (Fsp3) is 0.182. The maximum Gasteiger partial charge on any atom is 0.238 e. The first kappa shape index (κ1) is 12.5. The highest BCUT2D eigenvalue weighted by Crippen LogP contribution is 2.26. The molecular weight excluding hydrogens is 248 g/mol. The molecule has 1 amide bonds. The second-order valence-corrected chi connectivity index (χ2v) is 3.52. The number of methoxy groups -OCH3 is 1. The van der Waals surface area contributed by atoms with Gasteiger partial charge < -0.3 is 10.1 Å². The number of ether oxygens (including phenoxy) is 1. The summed E-state index contributed by atoms with van der Waals surface area (Å²) in [6.45, 7) is 0. The number of amides is 1. The minimum absolute atomic E-state index is 0.210. The van der Waals surface area contributed by atoms with Crippen LogP contribution in [-0.2, 0) is 4.79 Å². The average molecular weight is 258 g/mol. The zero-order chi connectivity index (χ0) is 13.7. The normalized spacial score (nSPS) is 9.68. The van der Waals surface area contributed by atoms with Crippen molar-refractivity contribution in [1.82, 2.24) is 20.2 Å². The van der Waals surface area contributed by atoms with Gasteiger partial charge in [0, 0.05) is 6.07 Å². The van der Waals surface area contributed by atoms with E-state index in [4.69, 9.17) is 10.00 Å². The summed E-state index contributed by atoms with van der Waals surface area (Å²) in [4.78, 5) is 11.4. The molecule has 0 saturated heterocycles. The molecule has 0 unspecified atom stereocenters. The molecule has 0 aliphatic carbocycles. The summed E-state index contributed by atoms with van der Waals surface area (Å²) in [5.74, 6) is 0.0651. The van der Waals surface area contributed by atoms with E-state index in [1.54, 1.807) is 24.3 Å². The van der Waals surface area contributed by atoms with Crippen LogP contribution < -0.4 is 10.1 Å². The standard InChI is InChI=1S/C11H10N6O2/c1-19-10-6-8(17-7-13-15-16-17)2-3-9(10)14-11(18)4-5-12/h2-3,6-7H,4H2,1H3,(H,14,18). The van der Waals surface area contributed by atoms with Gasteiger partial charge in [-0.15, -0.1) is 5.10 Å². The molecule has 8 nitrogen and oxygen atoms in total. The number of anilines is 1. The average Bonchev–Trinajstić information content (AvgIpc) is 2.93. The number of nitriles is 1. The van der Waals surface area contributed by atoms with E-state index in [9.17, 15) is 4.79 Å². The van der Waals surface area contributed by atoms with Gasteiger partial charge in [0.05, 0.1) is 24.6 Å². The van der Waals surface area contributed by atoms with Gasteiger partial charge in [0.1, 0.15) is 18.5 Å². The summed E-state index contributed by atoms with van der Waals surface area (Å²) >= 11 is 0. The molecule has 1 N–H and O–H groups in total. The van der Waals surface area contributed by atoms with Crippen LogP contribution in [0, 0.1) is 11.3 Å². The molecule has 0 fully saturated rings. The molecule has 0 saturated carbocycles. The van der Waals surface area contributed by atoms with Crippen molar-refractivity contribution in [3.05, 3.63) is 24.5 Å². The Morgan fingerprint density at radius 2 is 2.42 bits per heavy atom. The molecule has 1 aromatic carbocycles. The Morgan fingerprint density at radius 1 is 1.58 bits per heavy atom. The number of nitrogens with one attached hydrogen (secondary N) is 1. The van der Waals surface area contributed by atoms with Crippen LogP contribution in [0.3, 0.4) is 0 Å². The van der Waals surface area contributed by atoms with Crippen LogP contribution in [0.15, 0.2) is 24.5 Å². The Hall–Kier alpha value is -2.95. The number of tetrazole rings is 1. The van der Waals surface area contributed by atoms with Gasteiger partial charge in [0.2, 0.25) is 5.91 Å². The summed E-state index contributed by atoms with van der Waals surface area (Å²) in [6.07, 6.45) is 1.24. The summed E-state index contributed by atoms with van der Waals surface area (Å²) in [6, 6.07) is 6.84. The summed E-state index contributed by atoms with van der Waals surface area (Å²) in [5, 5.41) is 21.9. The molecule has 1 aromatic heterocycles. The molecule has 8 heteroatoms. The van der Waals surface area contributed by atoms with E-state index in [2.05, 4.69) is 20.8 Å². The minimum Gasteiger partial charge on any atom is -0.494 e. The zero-order valence-electron chi connectivity index (χ0n) is 10.1. The summed E-state index contributed by atoms with van der Waals surface area (Å²) < 4.78 is 6.65. The second-order valence-electron chi connectivity index (χ2n) is 3.52. The van der Waals surface area contributed by atoms with Crippen LogP contribution in [0.2, 0.25) is 0 Å². The molecule has 0 aliphatic heterocycles. The smallest absolute Gasteiger partial charge is 0.238 e. The van der Waals surface area contributed by atoms with E-state index in [1.807, 2.05) is 0 Å². The number of aromatic nitrogens is 4. The Labute approximate surface area is 108 Å². The lowest BCUT2D eigenvalue weighted by molar-refractivity contribution is -0.115. The van der Waals surface area contributed by atoms with Crippen LogP contribution in [0.5, 0.6) is 5.75 Å². The number of hydrogen-bond acceptors (Lipinski definition) is 6. The molecule has 2 rings (SSSR count). The minimum atomic E-state index is -0.393. The van der Waals surface area contributed by atoms with E-state index in [0.29, 0.717) is 17.1 Å². The van der Waals surface area contributed by atoms with Crippen molar-refractivity contribution in [1.29, 1.82) is 5.26 Å². The lowest BCUT2D eigenvalue weighted by atomic mass is 10.2. The van der Waals surface area contributed by atoms with Crippen molar-refractivity contribution in [2.45, 2.75) is 6.42 Å². The van der Waals surface area contributed by atoms with E-state index >= 15 is 0 Å². The molecule has 0 atom stereocenters. The Kier molecular flexibility index (Phi) is 3.68. The third-order valence-corrected chi connectivity index (χ3v) is 2.31. The number of rotatable bonds is 4. The first-order chi connectivity index (χ1) is 9.24. The van der Waals surface area contributed by atoms with Crippen LogP contribution in [0.25, 0.3) is 5.69 Å². The van der Waals surface area contributed by atoms with Crippen LogP contribution in [-0.4, -0.2) is 33.2 Å². The fourth-order valence-electron chi connectivity index (χ4n) is 1.47. The maximum atomic E-state index is 11.4. The van der Waals surface area contributed by atoms with E-state index in [-0.39, 0.29) is 6.42 Å².